The molecule has 0 aliphatic carbocycles. The Balaban J connectivity index is 2.46. The van der Waals surface area contributed by atoms with Crippen molar-refractivity contribution in [3.05, 3.63) is 35.4 Å². The van der Waals surface area contributed by atoms with Crippen LogP contribution >= 0.6 is 0 Å². The van der Waals surface area contributed by atoms with Crippen LogP contribution in [0.2, 0.25) is 0 Å². The molecule has 1 aromatic carbocycles. The molecule has 0 bridgehead atoms. The lowest BCUT2D eigenvalue weighted by Gasteiger charge is -2.25. The first-order valence-electron chi connectivity index (χ1n) is 6.16. The van der Waals surface area contributed by atoms with Gasteiger partial charge in [0.2, 0.25) is 0 Å². The highest BCUT2D eigenvalue weighted by Crippen LogP contribution is 2.19. The van der Waals surface area contributed by atoms with Crippen LogP contribution in [0.5, 0.6) is 0 Å². The summed E-state index contributed by atoms with van der Waals surface area (Å²) < 4.78 is 30.6. The van der Waals surface area contributed by atoms with E-state index < -0.39 is 6.43 Å². The number of hydrogen-bond acceptors (Lipinski definition) is 2. The van der Waals surface area contributed by atoms with Crippen molar-refractivity contribution >= 4 is 0 Å². The molecular weight excluding hydrogens is 236 g/mol. The molecule has 0 atom stereocenters. The highest BCUT2D eigenvalue weighted by Gasteiger charge is 2.16. The summed E-state index contributed by atoms with van der Waals surface area (Å²) in [6.07, 6.45) is -2.41. The van der Waals surface area contributed by atoms with Crippen molar-refractivity contribution in [1.82, 2.24) is 5.32 Å². The lowest BCUT2D eigenvalue weighted by molar-refractivity contribution is -0.00898. The minimum Gasteiger partial charge on any atom is -0.375 e. The second-order valence-electron chi connectivity index (χ2n) is 4.84. The van der Waals surface area contributed by atoms with Crippen molar-refractivity contribution < 1.29 is 13.5 Å². The first kappa shape index (κ1) is 15.1. The Labute approximate surface area is 107 Å². The molecule has 0 fully saturated rings. The van der Waals surface area contributed by atoms with Gasteiger partial charge in [-0.15, -0.1) is 0 Å². The molecule has 0 spiro atoms. The van der Waals surface area contributed by atoms with Gasteiger partial charge in [-0.05, 0) is 32.4 Å². The van der Waals surface area contributed by atoms with E-state index in [9.17, 15) is 8.78 Å². The number of ether oxygens (including phenoxy) is 1. The van der Waals surface area contributed by atoms with Crippen molar-refractivity contribution in [3.63, 3.8) is 0 Å². The summed E-state index contributed by atoms with van der Waals surface area (Å²) in [6, 6.07) is 6.47. The van der Waals surface area contributed by atoms with Crippen LogP contribution in [0.15, 0.2) is 24.3 Å². The van der Waals surface area contributed by atoms with Gasteiger partial charge in [0.15, 0.2) is 0 Å². The highest BCUT2D eigenvalue weighted by atomic mass is 19.3. The summed E-state index contributed by atoms with van der Waals surface area (Å²) in [6.45, 7) is 7.86. The summed E-state index contributed by atoms with van der Waals surface area (Å²) in [5.41, 5.74) is 0.688. The fourth-order valence-corrected chi connectivity index (χ4v) is 1.79. The highest BCUT2D eigenvalue weighted by molar-refractivity contribution is 5.24. The van der Waals surface area contributed by atoms with Gasteiger partial charge in [-0.1, -0.05) is 18.2 Å². The third-order valence-corrected chi connectivity index (χ3v) is 2.62. The van der Waals surface area contributed by atoms with E-state index in [4.69, 9.17) is 4.74 Å². The van der Waals surface area contributed by atoms with E-state index in [1.54, 1.807) is 6.07 Å². The number of nitrogens with one attached hydrogen (secondary N) is 1. The molecule has 2 nitrogen and oxygen atoms in total. The summed E-state index contributed by atoms with van der Waals surface area (Å²) >= 11 is 0. The topological polar surface area (TPSA) is 21.3 Å². The van der Waals surface area contributed by atoms with Gasteiger partial charge in [-0.25, -0.2) is 8.78 Å². The fraction of sp³-hybridized carbons (Fsp3) is 0.571. The zero-order chi connectivity index (χ0) is 13.6. The molecule has 4 heteroatoms. The van der Waals surface area contributed by atoms with Crippen LogP contribution in [-0.2, 0) is 11.3 Å². The van der Waals surface area contributed by atoms with Crippen LogP contribution in [0.25, 0.3) is 0 Å². The van der Waals surface area contributed by atoms with Crippen LogP contribution in [0.1, 0.15) is 38.3 Å². The van der Waals surface area contributed by atoms with Gasteiger partial charge < -0.3 is 10.1 Å². The van der Waals surface area contributed by atoms with Crippen molar-refractivity contribution in [2.45, 2.75) is 39.3 Å². The van der Waals surface area contributed by atoms with Gasteiger partial charge in [0.1, 0.15) is 0 Å². The molecule has 0 saturated carbocycles. The number of rotatable bonds is 7. The Morgan fingerprint density at radius 1 is 1.33 bits per heavy atom. The molecular formula is C14H21F2NO. The van der Waals surface area contributed by atoms with Crippen LogP contribution in [-0.4, -0.2) is 18.8 Å². The van der Waals surface area contributed by atoms with Gasteiger partial charge in [0.05, 0.1) is 5.60 Å². The van der Waals surface area contributed by atoms with E-state index in [2.05, 4.69) is 5.32 Å². The van der Waals surface area contributed by atoms with E-state index in [-0.39, 0.29) is 11.2 Å². The molecule has 0 aliphatic heterocycles. The van der Waals surface area contributed by atoms with Gasteiger partial charge in [0, 0.05) is 25.3 Å². The molecule has 1 rings (SSSR count). The average molecular weight is 257 g/mol. The second kappa shape index (κ2) is 6.81. The molecule has 0 aliphatic rings. The Morgan fingerprint density at radius 3 is 2.67 bits per heavy atom. The van der Waals surface area contributed by atoms with Crippen molar-refractivity contribution in [1.29, 1.82) is 0 Å². The molecule has 0 aromatic heterocycles. The van der Waals surface area contributed by atoms with Gasteiger partial charge in [-0.3, -0.25) is 0 Å². The van der Waals surface area contributed by atoms with E-state index in [0.29, 0.717) is 19.7 Å². The van der Waals surface area contributed by atoms with Crippen molar-refractivity contribution in [2.75, 3.05) is 13.2 Å². The second-order valence-corrected chi connectivity index (χ2v) is 4.84. The monoisotopic (exact) mass is 257 g/mol. The Hall–Kier alpha value is -1.00. The largest absolute Gasteiger partial charge is 0.375 e. The zero-order valence-electron chi connectivity index (χ0n) is 11.2. The van der Waals surface area contributed by atoms with Crippen LogP contribution < -0.4 is 5.32 Å². The first-order valence-corrected chi connectivity index (χ1v) is 6.16. The van der Waals surface area contributed by atoms with Gasteiger partial charge in [-0.2, -0.15) is 0 Å². The standard InChI is InChI=1S/C14H21F2NO/c1-4-18-14(2,3)10-17-9-11-6-5-7-12(8-11)13(15)16/h5-8,13,17H,4,9-10H2,1-3H3. The third kappa shape index (κ3) is 5.10. The smallest absolute Gasteiger partial charge is 0.263 e. The minimum absolute atomic E-state index is 0.0679. The average Bonchev–Trinajstić information content (AvgIpc) is 2.29. The molecule has 0 unspecified atom stereocenters. The normalized spacial score (nSPS) is 12.1. The number of alkyl halides is 2. The maximum Gasteiger partial charge on any atom is 0.263 e. The van der Waals surface area contributed by atoms with E-state index >= 15 is 0 Å². The van der Waals surface area contributed by atoms with Crippen LogP contribution in [0.4, 0.5) is 8.78 Å². The van der Waals surface area contributed by atoms with Crippen molar-refractivity contribution in [3.8, 4) is 0 Å². The third-order valence-electron chi connectivity index (χ3n) is 2.62. The van der Waals surface area contributed by atoms with Crippen LogP contribution in [0, 0.1) is 0 Å². The summed E-state index contributed by atoms with van der Waals surface area (Å²) in [5.74, 6) is 0. The van der Waals surface area contributed by atoms with E-state index in [1.807, 2.05) is 26.8 Å². The van der Waals surface area contributed by atoms with E-state index in [0.717, 1.165) is 5.56 Å². The molecule has 0 heterocycles. The van der Waals surface area contributed by atoms with Gasteiger partial charge >= 0.3 is 0 Å². The Bertz CT molecular complexity index is 367. The predicted molar refractivity (Wildman–Crippen MR) is 68.8 cm³/mol. The summed E-state index contributed by atoms with van der Waals surface area (Å²) in [7, 11) is 0. The molecule has 0 saturated heterocycles. The SMILES string of the molecule is CCOC(C)(C)CNCc1cccc(C(F)F)c1. The van der Waals surface area contributed by atoms with Crippen molar-refractivity contribution in [2.24, 2.45) is 0 Å². The quantitative estimate of drug-likeness (QED) is 0.807. The molecule has 1 aromatic rings. The summed E-state index contributed by atoms with van der Waals surface area (Å²) in [5, 5.41) is 3.22. The van der Waals surface area contributed by atoms with Gasteiger partial charge in [0.25, 0.3) is 6.43 Å². The molecule has 0 amide bonds. The summed E-state index contributed by atoms with van der Waals surface area (Å²) in [4.78, 5) is 0. The Morgan fingerprint density at radius 2 is 2.06 bits per heavy atom. The fourth-order valence-electron chi connectivity index (χ4n) is 1.79. The number of halogens is 2. The first-order chi connectivity index (χ1) is 8.44. The predicted octanol–water partition coefficient (Wildman–Crippen LogP) is 3.53. The van der Waals surface area contributed by atoms with E-state index in [1.165, 1.54) is 12.1 Å². The lowest BCUT2D eigenvalue weighted by Crippen LogP contribution is -2.37. The van der Waals surface area contributed by atoms with Crippen LogP contribution in [0.3, 0.4) is 0 Å². The molecule has 1 N–H and O–H groups in total. The number of benzene rings is 1. The molecule has 102 valence electrons. The maximum atomic E-state index is 12.5. The minimum atomic E-state index is -2.41. The lowest BCUT2D eigenvalue weighted by atomic mass is 10.1. The number of hydrogen-bond donors (Lipinski definition) is 1. The maximum absolute atomic E-state index is 12.5. The zero-order valence-corrected chi connectivity index (χ0v) is 11.2. The Kier molecular flexibility index (Phi) is 5.69. The molecule has 18 heavy (non-hydrogen) atoms. The molecule has 0 radical (unpaired) electrons.